The SMILES string of the molecule is CCCCCCC/C=C\C/C=C\C/C=C\CCCCCCCCC(=O)OCC(COC(=O)CCCCCCCCCCCCCCC)OC(=O)CCCCCCCCCCC/C=C\CCCCCCCC. The van der Waals surface area contributed by atoms with Gasteiger partial charge in [0.15, 0.2) is 6.10 Å². The molecular weight excluding hydrogens is 877 g/mol. The highest BCUT2D eigenvalue weighted by atomic mass is 16.6. The van der Waals surface area contributed by atoms with E-state index in [4.69, 9.17) is 14.2 Å². The fourth-order valence-electron chi connectivity index (χ4n) is 9.09. The standard InChI is InChI=1S/C65H118O6/c1-4-7-10-13-16-19-22-25-27-29-31-32-34-35-37-40-43-46-49-52-55-58-64(67)70-61-62(60-69-63(66)57-54-51-48-45-42-39-24-21-18-15-12-9-6-3)71-65(68)59-56-53-50-47-44-41-38-36-33-30-28-26-23-20-17-14-11-8-5-2/h22,25-26,28-29,31,34-35,62H,4-21,23-24,27,30,32-33,36-61H2,1-3H3/b25-22-,28-26-,31-29-,35-34-. The molecule has 0 bridgehead atoms. The molecule has 1 atom stereocenters. The minimum atomic E-state index is -0.778. The molecule has 0 amide bonds. The molecule has 0 aromatic rings. The van der Waals surface area contributed by atoms with E-state index in [1.165, 1.54) is 212 Å². The van der Waals surface area contributed by atoms with Gasteiger partial charge in [-0.1, -0.05) is 275 Å². The second-order valence-electron chi connectivity index (χ2n) is 21.0. The third-order valence-corrected chi connectivity index (χ3v) is 13.8. The van der Waals surface area contributed by atoms with Crippen molar-refractivity contribution in [1.82, 2.24) is 0 Å². The van der Waals surface area contributed by atoms with Gasteiger partial charge in [-0.15, -0.1) is 0 Å². The zero-order valence-corrected chi connectivity index (χ0v) is 47.5. The smallest absolute Gasteiger partial charge is 0.306 e. The monoisotopic (exact) mass is 995 g/mol. The number of carbonyl (C=O) groups excluding carboxylic acids is 3. The number of unbranched alkanes of at least 4 members (excludes halogenated alkanes) is 38. The van der Waals surface area contributed by atoms with Gasteiger partial charge in [0.25, 0.3) is 0 Å². The van der Waals surface area contributed by atoms with E-state index >= 15 is 0 Å². The predicted molar refractivity (Wildman–Crippen MR) is 307 cm³/mol. The van der Waals surface area contributed by atoms with Crippen molar-refractivity contribution >= 4 is 17.9 Å². The van der Waals surface area contributed by atoms with Crippen LogP contribution in [-0.2, 0) is 28.6 Å². The summed E-state index contributed by atoms with van der Waals surface area (Å²) in [7, 11) is 0. The molecule has 0 aromatic carbocycles. The lowest BCUT2D eigenvalue weighted by atomic mass is 10.0. The van der Waals surface area contributed by atoms with E-state index in [-0.39, 0.29) is 31.1 Å². The van der Waals surface area contributed by atoms with Crippen molar-refractivity contribution in [1.29, 1.82) is 0 Å². The van der Waals surface area contributed by atoms with Crippen LogP contribution in [0, 0.1) is 0 Å². The number of rotatable bonds is 57. The first-order chi connectivity index (χ1) is 35.0. The minimum absolute atomic E-state index is 0.0748. The molecule has 0 aliphatic rings. The Morgan fingerprint density at radius 1 is 0.282 bits per heavy atom. The molecule has 0 N–H and O–H groups in total. The zero-order chi connectivity index (χ0) is 51.4. The summed E-state index contributed by atoms with van der Waals surface area (Å²) < 4.78 is 16.9. The number of hydrogen-bond acceptors (Lipinski definition) is 6. The Morgan fingerprint density at radius 2 is 0.507 bits per heavy atom. The van der Waals surface area contributed by atoms with Crippen LogP contribution in [0.3, 0.4) is 0 Å². The van der Waals surface area contributed by atoms with Crippen LogP contribution in [0.5, 0.6) is 0 Å². The van der Waals surface area contributed by atoms with Crippen molar-refractivity contribution in [2.75, 3.05) is 13.2 Å². The van der Waals surface area contributed by atoms with Crippen molar-refractivity contribution in [3.8, 4) is 0 Å². The van der Waals surface area contributed by atoms with E-state index in [0.29, 0.717) is 19.3 Å². The molecule has 0 aliphatic carbocycles. The van der Waals surface area contributed by atoms with Crippen LogP contribution in [0.2, 0.25) is 0 Å². The van der Waals surface area contributed by atoms with Crippen molar-refractivity contribution in [3.05, 3.63) is 48.6 Å². The van der Waals surface area contributed by atoms with E-state index < -0.39 is 6.10 Å². The van der Waals surface area contributed by atoms with Crippen LogP contribution in [0.1, 0.15) is 329 Å². The van der Waals surface area contributed by atoms with Crippen LogP contribution in [0.15, 0.2) is 48.6 Å². The van der Waals surface area contributed by atoms with Crippen molar-refractivity contribution in [2.45, 2.75) is 335 Å². The molecule has 0 fully saturated rings. The Labute approximate surface area is 441 Å². The summed E-state index contributed by atoms with van der Waals surface area (Å²) in [6.45, 7) is 6.65. The van der Waals surface area contributed by atoms with E-state index in [2.05, 4.69) is 69.4 Å². The highest BCUT2D eigenvalue weighted by Gasteiger charge is 2.19. The van der Waals surface area contributed by atoms with Gasteiger partial charge in [-0.05, 0) is 83.5 Å². The summed E-state index contributed by atoms with van der Waals surface area (Å²) in [6.07, 6.45) is 73.9. The number of esters is 3. The lowest BCUT2D eigenvalue weighted by Gasteiger charge is -2.18. The normalized spacial score (nSPS) is 12.3. The maximum Gasteiger partial charge on any atom is 0.306 e. The second kappa shape index (κ2) is 59.9. The minimum Gasteiger partial charge on any atom is -0.462 e. The van der Waals surface area contributed by atoms with Gasteiger partial charge in [0, 0.05) is 19.3 Å². The summed E-state index contributed by atoms with van der Waals surface area (Å²) in [5, 5.41) is 0. The molecule has 0 aliphatic heterocycles. The largest absolute Gasteiger partial charge is 0.462 e. The summed E-state index contributed by atoms with van der Waals surface area (Å²) in [5.74, 6) is -0.872. The average molecular weight is 996 g/mol. The van der Waals surface area contributed by atoms with Gasteiger partial charge in [0.1, 0.15) is 13.2 Å². The first-order valence-electron chi connectivity index (χ1n) is 31.1. The Hall–Kier alpha value is -2.63. The molecule has 414 valence electrons. The third-order valence-electron chi connectivity index (χ3n) is 13.8. The Bertz CT molecular complexity index is 1230. The summed E-state index contributed by atoms with van der Waals surface area (Å²) >= 11 is 0. The molecule has 0 rings (SSSR count). The molecule has 71 heavy (non-hydrogen) atoms. The Balaban J connectivity index is 4.35. The first-order valence-corrected chi connectivity index (χ1v) is 31.1. The lowest BCUT2D eigenvalue weighted by Crippen LogP contribution is -2.30. The molecule has 0 saturated carbocycles. The first kappa shape index (κ1) is 68.4. The third kappa shape index (κ3) is 58.1. The lowest BCUT2D eigenvalue weighted by molar-refractivity contribution is -0.167. The number of allylic oxidation sites excluding steroid dienone is 8. The fourth-order valence-corrected chi connectivity index (χ4v) is 9.09. The van der Waals surface area contributed by atoms with Crippen LogP contribution < -0.4 is 0 Å². The molecule has 6 nitrogen and oxygen atoms in total. The maximum absolute atomic E-state index is 12.9. The van der Waals surface area contributed by atoms with Crippen molar-refractivity contribution < 1.29 is 28.6 Å². The van der Waals surface area contributed by atoms with E-state index in [1.54, 1.807) is 0 Å². The van der Waals surface area contributed by atoms with Crippen LogP contribution in [0.25, 0.3) is 0 Å². The summed E-state index contributed by atoms with van der Waals surface area (Å²) in [4.78, 5) is 38.2. The molecular formula is C65H118O6. The van der Waals surface area contributed by atoms with Crippen LogP contribution >= 0.6 is 0 Å². The molecule has 0 aromatic heterocycles. The zero-order valence-electron chi connectivity index (χ0n) is 47.5. The van der Waals surface area contributed by atoms with E-state index in [1.807, 2.05) is 0 Å². The second-order valence-corrected chi connectivity index (χ2v) is 21.0. The highest BCUT2D eigenvalue weighted by Crippen LogP contribution is 2.16. The average Bonchev–Trinajstić information content (AvgIpc) is 3.37. The summed E-state index contributed by atoms with van der Waals surface area (Å²) in [5.41, 5.74) is 0. The molecule has 0 spiro atoms. The number of carbonyl (C=O) groups is 3. The maximum atomic E-state index is 12.9. The van der Waals surface area contributed by atoms with Gasteiger partial charge in [0.2, 0.25) is 0 Å². The van der Waals surface area contributed by atoms with Gasteiger partial charge >= 0.3 is 17.9 Å². The van der Waals surface area contributed by atoms with Gasteiger partial charge < -0.3 is 14.2 Å². The fraction of sp³-hybridized carbons (Fsp3) is 0.831. The molecule has 0 saturated heterocycles. The van der Waals surface area contributed by atoms with Crippen LogP contribution in [0.4, 0.5) is 0 Å². The van der Waals surface area contributed by atoms with Crippen molar-refractivity contribution in [2.24, 2.45) is 0 Å². The van der Waals surface area contributed by atoms with Gasteiger partial charge in [-0.25, -0.2) is 0 Å². The molecule has 0 heterocycles. The predicted octanol–water partition coefficient (Wildman–Crippen LogP) is 21.0. The topological polar surface area (TPSA) is 78.9 Å². The molecule has 1 unspecified atom stereocenters. The Morgan fingerprint density at radius 3 is 0.803 bits per heavy atom. The Kier molecular flexibility index (Phi) is 57.7. The van der Waals surface area contributed by atoms with Gasteiger partial charge in [0.05, 0.1) is 0 Å². The summed E-state index contributed by atoms with van der Waals surface area (Å²) in [6, 6.07) is 0. The molecule has 0 radical (unpaired) electrons. The number of hydrogen-bond donors (Lipinski definition) is 0. The van der Waals surface area contributed by atoms with E-state index in [0.717, 1.165) is 77.0 Å². The quantitative estimate of drug-likeness (QED) is 0.0261. The van der Waals surface area contributed by atoms with Crippen LogP contribution in [-0.4, -0.2) is 37.2 Å². The molecule has 6 heteroatoms. The number of ether oxygens (including phenoxy) is 3. The highest BCUT2D eigenvalue weighted by molar-refractivity contribution is 5.71. The van der Waals surface area contributed by atoms with Crippen molar-refractivity contribution in [3.63, 3.8) is 0 Å². The van der Waals surface area contributed by atoms with Gasteiger partial charge in [-0.3, -0.25) is 14.4 Å². The van der Waals surface area contributed by atoms with E-state index in [9.17, 15) is 14.4 Å². The van der Waals surface area contributed by atoms with Gasteiger partial charge in [-0.2, -0.15) is 0 Å².